The number of fused-ring (bicyclic) bond motifs is 1. The number of anilines is 1. The number of hydrogen-bond acceptors (Lipinski definition) is 5. The molecule has 2 aromatic rings. The molecule has 3 rings (SSSR count). The third kappa shape index (κ3) is 2.47. The molecule has 1 fully saturated rings. The first-order valence-corrected chi connectivity index (χ1v) is 6.88. The molecule has 0 aliphatic carbocycles. The highest BCUT2D eigenvalue weighted by atomic mass is 16.5. The maximum Gasteiger partial charge on any atom is 0.129 e. The average molecular weight is 273 g/mol. The highest BCUT2D eigenvalue weighted by molar-refractivity contribution is 5.84. The Morgan fingerprint density at radius 3 is 3.05 bits per heavy atom. The molecule has 0 saturated carbocycles. The molecule has 1 atom stereocenters. The Morgan fingerprint density at radius 2 is 2.25 bits per heavy atom. The number of aliphatic hydroxyl groups excluding tert-OH is 1. The number of rotatable bonds is 3. The van der Waals surface area contributed by atoms with Gasteiger partial charge in [0, 0.05) is 25.0 Å². The van der Waals surface area contributed by atoms with Gasteiger partial charge in [-0.3, -0.25) is 0 Å². The summed E-state index contributed by atoms with van der Waals surface area (Å²) in [6, 6.07) is 10.1. The third-order valence-electron chi connectivity index (χ3n) is 3.67. The maximum absolute atomic E-state index is 9.24. The lowest BCUT2D eigenvalue weighted by Gasteiger charge is -2.33. The van der Waals surface area contributed by atoms with Crippen molar-refractivity contribution in [3.8, 4) is 0 Å². The van der Waals surface area contributed by atoms with Gasteiger partial charge in [0.25, 0.3) is 0 Å². The van der Waals surface area contributed by atoms with Gasteiger partial charge in [-0.2, -0.15) is 0 Å². The van der Waals surface area contributed by atoms with Crippen molar-refractivity contribution in [3.63, 3.8) is 0 Å². The SMILES string of the molecule is NCc1cc(N2CCOC(CO)C2)nc2ccccc12. The zero-order valence-corrected chi connectivity index (χ0v) is 11.3. The van der Waals surface area contributed by atoms with Crippen LogP contribution in [0.4, 0.5) is 5.82 Å². The number of nitrogens with zero attached hydrogens (tertiary/aromatic N) is 2. The van der Waals surface area contributed by atoms with Crippen LogP contribution in [0.15, 0.2) is 30.3 Å². The van der Waals surface area contributed by atoms with Crippen molar-refractivity contribution in [2.24, 2.45) is 5.73 Å². The van der Waals surface area contributed by atoms with Crippen LogP contribution >= 0.6 is 0 Å². The van der Waals surface area contributed by atoms with Gasteiger partial charge < -0.3 is 20.5 Å². The first-order chi connectivity index (χ1) is 9.81. The summed E-state index contributed by atoms with van der Waals surface area (Å²) in [6.07, 6.45) is -0.140. The van der Waals surface area contributed by atoms with E-state index in [1.54, 1.807) is 0 Å². The molecule has 2 heterocycles. The average Bonchev–Trinajstić information content (AvgIpc) is 2.53. The fourth-order valence-electron chi connectivity index (χ4n) is 2.60. The number of morpholine rings is 1. The zero-order valence-electron chi connectivity index (χ0n) is 11.3. The van der Waals surface area contributed by atoms with E-state index in [1.165, 1.54) is 0 Å². The van der Waals surface area contributed by atoms with E-state index < -0.39 is 0 Å². The van der Waals surface area contributed by atoms with Crippen LogP contribution in [0.1, 0.15) is 5.56 Å². The fraction of sp³-hybridized carbons (Fsp3) is 0.400. The predicted molar refractivity (Wildman–Crippen MR) is 78.7 cm³/mol. The van der Waals surface area contributed by atoms with E-state index in [2.05, 4.69) is 4.90 Å². The zero-order chi connectivity index (χ0) is 13.9. The monoisotopic (exact) mass is 273 g/mol. The Labute approximate surface area is 118 Å². The Hall–Kier alpha value is -1.69. The fourth-order valence-corrected chi connectivity index (χ4v) is 2.60. The largest absolute Gasteiger partial charge is 0.394 e. The minimum absolute atomic E-state index is 0.0355. The first-order valence-electron chi connectivity index (χ1n) is 6.88. The second-order valence-corrected chi connectivity index (χ2v) is 4.98. The van der Waals surface area contributed by atoms with Crippen molar-refractivity contribution in [3.05, 3.63) is 35.9 Å². The molecule has 1 aromatic heterocycles. The lowest BCUT2D eigenvalue weighted by molar-refractivity contribution is 0.00337. The molecule has 5 nitrogen and oxygen atoms in total. The van der Waals surface area contributed by atoms with E-state index in [9.17, 15) is 5.11 Å². The van der Waals surface area contributed by atoms with Crippen LogP contribution in [0, 0.1) is 0 Å². The van der Waals surface area contributed by atoms with Crippen LogP contribution in [0.5, 0.6) is 0 Å². The van der Waals surface area contributed by atoms with E-state index in [1.807, 2.05) is 30.3 Å². The maximum atomic E-state index is 9.24. The van der Waals surface area contributed by atoms with Crippen LogP contribution in [0.25, 0.3) is 10.9 Å². The quantitative estimate of drug-likeness (QED) is 0.869. The normalized spacial score (nSPS) is 19.5. The topological polar surface area (TPSA) is 71.6 Å². The molecular weight excluding hydrogens is 254 g/mol. The van der Waals surface area contributed by atoms with Crippen molar-refractivity contribution < 1.29 is 9.84 Å². The molecule has 1 aliphatic heterocycles. The summed E-state index contributed by atoms with van der Waals surface area (Å²) >= 11 is 0. The van der Waals surface area contributed by atoms with E-state index in [0.29, 0.717) is 19.7 Å². The van der Waals surface area contributed by atoms with E-state index >= 15 is 0 Å². The standard InChI is InChI=1S/C15H19N3O2/c16-8-11-7-15(17-14-4-2-1-3-13(11)14)18-5-6-20-12(9-18)10-19/h1-4,7,12,19H,5-6,8-10,16H2. The highest BCUT2D eigenvalue weighted by Gasteiger charge is 2.21. The number of ether oxygens (including phenoxy) is 1. The number of pyridine rings is 1. The van der Waals surface area contributed by atoms with Gasteiger partial charge in [0.15, 0.2) is 0 Å². The van der Waals surface area contributed by atoms with Gasteiger partial charge in [-0.05, 0) is 17.7 Å². The number of benzene rings is 1. The molecule has 0 spiro atoms. The summed E-state index contributed by atoms with van der Waals surface area (Å²) in [6.45, 7) is 2.58. The van der Waals surface area contributed by atoms with Crippen molar-refractivity contribution in [1.82, 2.24) is 4.98 Å². The molecule has 3 N–H and O–H groups in total. The highest BCUT2D eigenvalue weighted by Crippen LogP contribution is 2.24. The van der Waals surface area contributed by atoms with Gasteiger partial charge in [-0.15, -0.1) is 0 Å². The van der Waals surface area contributed by atoms with Crippen LogP contribution in [-0.4, -0.2) is 42.5 Å². The van der Waals surface area contributed by atoms with Crippen molar-refractivity contribution in [1.29, 1.82) is 0 Å². The van der Waals surface area contributed by atoms with Gasteiger partial charge in [0.1, 0.15) is 5.82 Å². The Kier molecular flexibility index (Phi) is 3.82. The van der Waals surface area contributed by atoms with Crippen LogP contribution in [0.2, 0.25) is 0 Å². The molecule has 0 radical (unpaired) electrons. The Morgan fingerprint density at radius 1 is 1.40 bits per heavy atom. The molecule has 0 bridgehead atoms. The molecule has 106 valence electrons. The van der Waals surface area contributed by atoms with Crippen molar-refractivity contribution >= 4 is 16.7 Å². The molecule has 1 aliphatic rings. The van der Waals surface area contributed by atoms with Crippen LogP contribution in [-0.2, 0) is 11.3 Å². The Balaban J connectivity index is 1.99. The van der Waals surface area contributed by atoms with Crippen molar-refractivity contribution in [2.75, 3.05) is 31.2 Å². The van der Waals surface area contributed by atoms with E-state index in [-0.39, 0.29) is 12.7 Å². The second-order valence-electron chi connectivity index (χ2n) is 4.98. The molecule has 1 unspecified atom stereocenters. The van der Waals surface area contributed by atoms with Gasteiger partial charge in [0.05, 0.1) is 24.8 Å². The summed E-state index contributed by atoms with van der Waals surface area (Å²) in [5, 5.41) is 10.3. The minimum atomic E-state index is -0.140. The Bertz CT molecular complexity index is 603. The number of nitrogens with two attached hydrogens (primary N) is 1. The predicted octanol–water partition coefficient (Wildman–Crippen LogP) is 0.891. The summed E-state index contributed by atoms with van der Waals surface area (Å²) in [4.78, 5) is 6.86. The minimum Gasteiger partial charge on any atom is -0.394 e. The summed E-state index contributed by atoms with van der Waals surface area (Å²) in [5.41, 5.74) is 7.91. The molecule has 0 amide bonds. The smallest absolute Gasteiger partial charge is 0.129 e. The number of hydrogen-bond donors (Lipinski definition) is 2. The first kappa shape index (κ1) is 13.3. The lowest BCUT2D eigenvalue weighted by atomic mass is 10.1. The molecule has 20 heavy (non-hydrogen) atoms. The van der Waals surface area contributed by atoms with Gasteiger partial charge in [0.2, 0.25) is 0 Å². The summed E-state index contributed by atoms with van der Waals surface area (Å²) in [7, 11) is 0. The van der Waals surface area contributed by atoms with Crippen molar-refractivity contribution in [2.45, 2.75) is 12.6 Å². The molecule has 1 saturated heterocycles. The summed E-state index contributed by atoms with van der Waals surface area (Å²) in [5.74, 6) is 0.908. The van der Waals surface area contributed by atoms with Gasteiger partial charge >= 0.3 is 0 Å². The van der Waals surface area contributed by atoms with E-state index in [4.69, 9.17) is 15.5 Å². The number of aliphatic hydroxyl groups is 1. The third-order valence-corrected chi connectivity index (χ3v) is 3.67. The van der Waals surface area contributed by atoms with Gasteiger partial charge in [-0.25, -0.2) is 4.98 Å². The van der Waals surface area contributed by atoms with E-state index in [0.717, 1.165) is 28.8 Å². The second kappa shape index (κ2) is 5.75. The van der Waals surface area contributed by atoms with Gasteiger partial charge in [-0.1, -0.05) is 18.2 Å². The molecule has 1 aromatic carbocycles. The molecule has 5 heteroatoms. The lowest BCUT2D eigenvalue weighted by Crippen LogP contribution is -2.44. The number of aromatic nitrogens is 1. The molecular formula is C15H19N3O2. The van der Waals surface area contributed by atoms with Crippen LogP contribution in [0.3, 0.4) is 0 Å². The number of para-hydroxylation sites is 1. The van der Waals surface area contributed by atoms with Crippen LogP contribution < -0.4 is 10.6 Å². The summed E-state index contributed by atoms with van der Waals surface area (Å²) < 4.78 is 5.48.